The van der Waals surface area contributed by atoms with Crippen LogP contribution in [0.25, 0.3) is 0 Å². The number of Topliss-reactive ketones (excluding diaryl/α,β-unsaturated/α-hetero) is 1. The molecule has 94 valence electrons. The Hall–Kier alpha value is -1.09. The third kappa shape index (κ3) is 4.73. The van der Waals surface area contributed by atoms with E-state index in [1.807, 2.05) is 43.3 Å². The average Bonchev–Trinajstić information content (AvgIpc) is 2.25. The van der Waals surface area contributed by atoms with Gasteiger partial charge in [0.2, 0.25) is 0 Å². The van der Waals surface area contributed by atoms with Gasteiger partial charge in [-0.1, -0.05) is 25.7 Å². The fraction of sp³-hybridized carbons (Fsp3) is 0.500. The molecule has 0 saturated carbocycles. The number of nitrogens with zero attached hydrogens (tertiary/aromatic N) is 1. The van der Waals surface area contributed by atoms with Crippen molar-refractivity contribution in [3.8, 4) is 0 Å². The maximum atomic E-state index is 12.0. The van der Waals surface area contributed by atoms with Gasteiger partial charge in [0, 0.05) is 39.8 Å². The molecule has 1 aromatic carbocycles. The second kappa shape index (κ2) is 5.49. The molecule has 0 radical (unpaired) electrons. The minimum absolute atomic E-state index is 0.276. The van der Waals surface area contributed by atoms with E-state index in [-0.39, 0.29) is 5.78 Å². The van der Waals surface area contributed by atoms with Crippen molar-refractivity contribution in [2.24, 2.45) is 0 Å². The van der Waals surface area contributed by atoms with E-state index in [1.165, 1.54) is 0 Å². The quantitative estimate of drug-likeness (QED) is 0.586. The van der Waals surface area contributed by atoms with Crippen LogP contribution in [0.1, 0.15) is 16.8 Å². The Bertz CT molecular complexity index is 376. The zero-order valence-electron chi connectivity index (χ0n) is 11.6. The molecule has 0 amide bonds. The topological polar surface area (TPSA) is 20.3 Å². The molecule has 17 heavy (non-hydrogen) atoms. The standard InChI is InChI=1S/C14H23NOSi/c1-15(2)13-8-6-12(7-9-13)14(16)10-11-17(3,4)5/h6-9H,10-11H2,1-5H3. The summed E-state index contributed by atoms with van der Waals surface area (Å²) < 4.78 is 0. The van der Waals surface area contributed by atoms with Gasteiger partial charge in [-0.05, 0) is 24.3 Å². The van der Waals surface area contributed by atoms with E-state index in [1.54, 1.807) is 0 Å². The van der Waals surface area contributed by atoms with Crippen molar-refractivity contribution in [3.05, 3.63) is 29.8 Å². The molecule has 1 rings (SSSR count). The number of anilines is 1. The van der Waals surface area contributed by atoms with Crippen LogP contribution in [0.15, 0.2) is 24.3 Å². The first-order chi connectivity index (χ1) is 7.79. The Balaban J connectivity index is 2.64. The number of benzene rings is 1. The first-order valence-electron chi connectivity index (χ1n) is 6.10. The molecular weight excluding hydrogens is 226 g/mol. The Morgan fingerprint density at radius 2 is 1.65 bits per heavy atom. The molecule has 0 heterocycles. The highest BCUT2D eigenvalue weighted by atomic mass is 28.3. The molecule has 0 saturated heterocycles. The van der Waals surface area contributed by atoms with E-state index in [2.05, 4.69) is 19.6 Å². The van der Waals surface area contributed by atoms with E-state index >= 15 is 0 Å². The second-order valence-corrected chi connectivity index (χ2v) is 11.5. The van der Waals surface area contributed by atoms with Crippen molar-refractivity contribution < 1.29 is 4.79 Å². The summed E-state index contributed by atoms with van der Waals surface area (Å²) >= 11 is 0. The van der Waals surface area contributed by atoms with Gasteiger partial charge in [-0.15, -0.1) is 0 Å². The monoisotopic (exact) mass is 249 g/mol. The maximum absolute atomic E-state index is 12.0. The van der Waals surface area contributed by atoms with E-state index in [0.717, 1.165) is 17.3 Å². The fourth-order valence-corrected chi connectivity index (χ4v) is 2.56. The Labute approximate surface area is 106 Å². The summed E-state index contributed by atoms with van der Waals surface area (Å²) in [6.07, 6.45) is 0.692. The Kier molecular flexibility index (Phi) is 4.51. The van der Waals surface area contributed by atoms with E-state index in [0.29, 0.717) is 6.42 Å². The van der Waals surface area contributed by atoms with Crippen LogP contribution in [0, 0.1) is 0 Å². The van der Waals surface area contributed by atoms with Crippen LogP contribution in [0.3, 0.4) is 0 Å². The maximum Gasteiger partial charge on any atom is 0.162 e. The fourth-order valence-electron chi connectivity index (χ4n) is 1.58. The molecule has 0 aliphatic rings. The van der Waals surface area contributed by atoms with Crippen molar-refractivity contribution >= 4 is 19.5 Å². The molecule has 3 heteroatoms. The van der Waals surface area contributed by atoms with Crippen LogP contribution >= 0.6 is 0 Å². The molecule has 0 spiro atoms. The van der Waals surface area contributed by atoms with Gasteiger partial charge in [-0.25, -0.2) is 0 Å². The highest BCUT2D eigenvalue weighted by Gasteiger charge is 2.15. The molecule has 0 aliphatic heterocycles. The summed E-state index contributed by atoms with van der Waals surface area (Å²) in [4.78, 5) is 14.0. The Morgan fingerprint density at radius 3 is 2.06 bits per heavy atom. The first-order valence-corrected chi connectivity index (χ1v) is 9.81. The van der Waals surface area contributed by atoms with Gasteiger partial charge in [-0.3, -0.25) is 4.79 Å². The molecule has 0 aromatic heterocycles. The second-order valence-electron chi connectivity index (χ2n) is 5.93. The third-order valence-corrected chi connectivity index (χ3v) is 4.56. The number of carbonyl (C=O) groups is 1. The molecule has 0 bridgehead atoms. The zero-order valence-corrected chi connectivity index (χ0v) is 12.6. The van der Waals surface area contributed by atoms with E-state index < -0.39 is 8.07 Å². The lowest BCUT2D eigenvalue weighted by molar-refractivity contribution is 0.0988. The third-order valence-electron chi connectivity index (χ3n) is 2.81. The zero-order chi connectivity index (χ0) is 13.1. The van der Waals surface area contributed by atoms with Gasteiger partial charge in [0.1, 0.15) is 0 Å². The van der Waals surface area contributed by atoms with Crippen molar-refractivity contribution in [1.29, 1.82) is 0 Å². The minimum atomic E-state index is -1.11. The van der Waals surface area contributed by atoms with E-state index in [9.17, 15) is 4.79 Å². The van der Waals surface area contributed by atoms with Gasteiger partial charge in [-0.2, -0.15) is 0 Å². The van der Waals surface area contributed by atoms with Gasteiger partial charge in [0.25, 0.3) is 0 Å². The molecule has 0 atom stereocenters. The predicted molar refractivity (Wildman–Crippen MR) is 77.9 cm³/mol. The number of hydrogen-bond acceptors (Lipinski definition) is 2. The highest BCUT2D eigenvalue weighted by Crippen LogP contribution is 2.17. The van der Waals surface area contributed by atoms with Crippen molar-refractivity contribution in [3.63, 3.8) is 0 Å². The predicted octanol–water partition coefficient (Wildman–Crippen LogP) is 3.66. The average molecular weight is 249 g/mol. The SMILES string of the molecule is CN(C)c1ccc(C(=O)CC[Si](C)(C)C)cc1. The minimum Gasteiger partial charge on any atom is -0.378 e. The molecule has 1 aromatic rings. The summed E-state index contributed by atoms with van der Waals surface area (Å²) in [5, 5.41) is 0. The molecule has 2 nitrogen and oxygen atoms in total. The summed E-state index contributed by atoms with van der Waals surface area (Å²) in [5.74, 6) is 0.276. The lowest BCUT2D eigenvalue weighted by atomic mass is 10.1. The number of rotatable bonds is 5. The molecule has 0 unspecified atom stereocenters. The van der Waals surface area contributed by atoms with Crippen molar-refractivity contribution in [2.75, 3.05) is 19.0 Å². The van der Waals surface area contributed by atoms with Crippen LogP contribution < -0.4 is 4.90 Å². The number of ketones is 1. The van der Waals surface area contributed by atoms with Gasteiger partial charge >= 0.3 is 0 Å². The molecule has 0 N–H and O–H groups in total. The summed E-state index contributed by atoms with van der Waals surface area (Å²) in [7, 11) is 2.89. The smallest absolute Gasteiger partial charge is 0.162 e. The molecular formula is C14H23NOSi. The summed E-state index contributed by atoms with van der Waals surface area (Å²) in [5.41, 5.74) is 1.97. The highest BCUT2D eigenvalue weighted by molar-refractivity contribution is 6.76. The van der Waals surface area contributed by atoms with Crippen LogP contribution in [0.5, 0.6) is 0 Å². The van der Waals surface area contributed by atoms with Crippen molar-refractivity contribution in [2.45, 2.75) is 32.1 Å². The van der Waals surface area contributed by atoms with E-state index in [4.69, 9.17) is 0 Å². The number of hydrogen-bond donors (Lipinski definition) is 0. The van der Waals surface area contributed by atoms with Gasteiger partial charge < -0.3 is 4.90 Å². The largest absolute Gasteiger partial charge is 0.378 e. The summed E-state index contributed by atoms with van der Waals surface area (Å²) in [6, 6.07) is 8.94. The van der Waals surface area contributed by atoms with Crippen LogP contribution in [0.2, 0.25) is 25.7 Å². The number of carbonyl (C=O) groups excluding carboxylic acids is 1. The van der Waals surface area contributed by atoms with Crippen LogP contribution in [-0.2, 0) is 0 Å². The molecule has 0 aliphatic carbocycles. The van der Waals surface area contributed by atoms with Crippen LogP contribution in [0.4, 0.5) is 5.69 Å². The summed E-state index contributed by atoms with van der Waals surface area (Å²) in [6.45, 7) is 6.90. The first kappa shape index (κ1) is 14.0. The molecule has 0 fully saturated rings. The normalized spacial score (nSPS) is 11.4. The lowest BCUT2D eigenvalue weighted by Gasteiger charge is -2.15. The van der Waals surface area contributed by atoms with Gasteiger partial charge in [0.15, 0.2) is 5.78 Å². The van der Waals surface area contributed by atoms with Crippen LogP contribution in [-0.4, -0.2) is 28.0 Å². The Morgan fingerprint density at radius 1 is 1.12 bits per heavy atom. The van der Waals surface area contributed by atoms with Crippen molar-refractivity contribution in [1.82, 2.24) is 0 Å². The van der Waals surface area contributed by atoms with Gasteiger partial charge in [0.05, 0.1) is 0 Å². The lowest BCUT2D eigenvalue weighted by Crippen LogP contribution is -2.20.